The molecule has 220 valence electrons. The van der Waals surface area contributed by atoms with Crippen LogP contribution in [0.1, 0.15) is 15.9 Å². The van der Waals surface area contributed by atoms with Crippen molar-refractivity contribution >= 4 is 80.2 Å². The fourth-order valence-corrected chi connectivity index (χ4v) is 5.30. The number of anilines is 2. The van der Waals surface area contributed by atoms with E-state index in [2.05, 4.69) is 16.0 Å². The second-order valence-corrected chi connectivity index (χ2v) is 12.4. The van der Waals surface area contributed by atoms with Crippen molar-refractivity contribution in [3.05, 3.63) is 124 Å². The van der Waals surface area contributed by atoms with Crippen LogP contribution in [0.25, 0.3) is 6.08 Å². The van der Waals surface area contributed by atoms with Crippen molar-refractivity contribution in [1.82, 2.24) is 5.32 Å². The highest BCUT2D eigenvalue weighted by molar-refractivity contribution is 8.00. The molecule has 0 aromatic heterocycles. The Morgan fingerprint density at radius 2 is 1.44 bits per heavy atom. The van der Waals surface area contributed by atoms with E-state index < -0.39 is 21.8 Å². The molecule has 3 amide bonds. The van der Waals surface area contributed by atoms with Gasteiger partial charge in [0.2, 0.25) is 15.9 Å². The molecule has 5 N–H and O–H groups in total. The fraction of sp³-hybridized carbons (Fsp3) is 0.0333. The summed E-state index contributed by atoms with van der Waals surface area (Å²) < 4.78 is 22.7. The molecule has 0 saturated carbocycles. The van der Waals surface area contributed by atoms with E-state index >= 15 is 0 Å². The zero-order valence-electron chi connectivity index (χ0n) is 22.2. The molecule has 4 rings (SSSR count). The van der Waals surface area contributed by atoms with E-state index in [0.717, 1.165) is 4.90 Å². The smallest absolute Gasteiger partial charge is 0.272 e. The molecule has 0 saturated heterocycles. The Morgan fingerprint density at radius 3 is 2.07 bits per heavy atom. The lowest BCUT2D eigenvalue weighted by Gasteiger charge is -2.12. The van der Waals surface area contributed by atoms with Crippen LogP contribution in [0.2, 0.25) is 10.0 Å². The first-order valence-corrected chi connectivity index (χ1v) is 15.8. The van der Waals surface area contributed by atoms with Gasteiger partial charge in [-0.2, -0.15) is 0 Å². The van der Waals surface area contributed by atoms with Crippen LogP contribution >= 0.6 is 35.0 Å². The molecule has 4 aromatic carbocycles. The zero-order valence-corrected chi connectivity index (χ0v) is 25.4. The van der Waals surface area contributed by atoms with Gasteiger partial charge in [0.1, 0.15) is 5.70 Å². The average Bonchev–Trinajstić information content (AvgIpc) is 2.98. The first kappa shape index (κ1) is 31.8. The predicted octanol–water partition coefficient (Wildman–Crippen LogP) is 5.78. The number of nitrogens with two attached hydrogens (primary N) is 1. The molecular formula is C30H24Cl2N4O5S2. The predicted molar refractivity (Wildman–Crippen MR) is 171 cm³/mol. The molecule has 0 bridgehead atoms. The quantitative estimate of drug-likeness (QED) is 0.126. The normalized spacial score (nSPS) is 11.5. The van der Waals surface area contributed by atoms with E-state index in [1.807, 2.05) is 0 Å². The average molecular weight is 656 g/mol. The number of sulfonamides is 1. The summed E-state index contributed by atoms with van der Waals surface area (Å²) in [4.78, 5) is 39.1. The summed E-state index contributed by atoms with van der Waals surface area (Å²) in [6.45, 7) is 0. The number of hydrogen-bond donors (Lipinski definition) is 4. The van der Waals surface area contributed by atoms with Crippen LogP contribution in [0.5, 0.6) is 0 Å². The first-order valence-electron chi connectivity index (χ1n) is 12.5. The standard InChI is InChI=1S/C30H24Cl2N4O5S2/c31-21-7-6-20(26(32)17-21)16-27(36-29(38)19-4-2-1-3-5-19)30(39)35-23-8-12-24(13-9-23)42-18-28(37)34-22-10-14-25(15-11-22)43(33,40)41/h1-17H,18H2,(H,34,37)(H,35,39)(H,36,38)(H2,33,40,41)/b27-16-. The molecular weight excluding hydrogens is 631 g/mol. The molecule has 0 unspecified atom stereocenters. The third-order valence-corrected chi connectivity index (χ3v) is 8.24. The van der Waals surface area contributed by atoms with Gasteiger partial charge in [-0.05, 0) is 84.4 Å². The Balaban J connectivity index is 1.40. The molecule has 0 heterocycles. The molecule has 0 aliphatic heterocycles. The SMILES string of the molecule is NS(=O)(=O)c1ccc(NC(=O)CSc2ccc(NC(=O)/C(=C/c3ccc(Cl)cc3Cl)NC(=O)c3ccccc3)cc2)cc1. The van der Waals surface area contributed by atoms with Crippen LogP contribution in [0, 0.1) is 0 Å². The van der Waals surface area contributed by atoms with Crippen LogP contribution in [-0.4, -0.2) is 31.9 Å². The van der Waals surface area contributed by atoms with Crippen LogP contribution < -0.4 is 21.1 Å². The Hall–Kier alpha value is -4.13. The number of rotatable bonds is 10. The van der Waals surface area contributed by atoms with Gasteiger partial charge in [-0.15, -0.1) is 11.8 Å². The van der Waals surface area contributed by atoms with Gasteiger partial charge in [0, 0.05) is 31.9 Å². The Morgan fingerprint density at radius 1 is 0.814 bits per heavy atom. The van der Waals surface area contributed by atoms with Crippen molar-refractivity contribution in [3.8, 4) is 0 Å². The van der Waals surface area contributed by atoms with E-state index in [0.29, 0.717) is 32.5 Å². The molecule has 0 fully saturated rings. The summed E-state index contributed by atoms with van der Waals surface area (Å²) in [7, 11) is -3.82. The van der Waals surface area contributed by atoms with Crippen molar-refractivity contribution in [2.45, 2.75) is 9.79 Å². The van der Waals surface area contributed by atoms with Gasteiger partial charge in [-0.25, -0.2) is 13.6 Å². The monoisotopic (exact) mass is 654 g/mol. The summed E-state index contributed by atoms with van der Waals surface area (Å²) in [5.74, 6) is -1.26. The molecule has 0 atom stereocenters. The lowest BCUT2D eigenvalue weighted by Crippen LogP contribution is -2.30. The summed E-state index contributed by atoms with van der Waals surface area (Å²) in [6, 6.07) is 25.5. The second-order valence-electron chi connectivity index (χ2n) is 8.93. The molecule has 0 aliphatic rings. The lowest BCUT2D eigenvalue weighted by molar-refractivity contribution is -0.114. The van der Waals surface area contributed by atoms with Crippen LogP contribution in [0.3, 0.4) is 0 Å². The van der Waals surface area contributed by atoms with E-state index in [4.69, 9.17) is 28.3 Å². The molecule has 0 radical (unpaired) electrons. The Bertz CT molecular complexity index is 1780. The van der Waals surface area contributed by atoms with Crippen LogP contribution in [0.4, 0.5) is 11.4 Å². The van der Waals surface area contributed by atoms with Crippen LogP contribution in [-0.2, 0) is 19.6 Å². The number of halogens is 2. The first-order chi connectivity index (χ1) is 20.5. The van der Waals surface area contributed by atoms with Gasteiger partial charge in [-0.1, -0.05) is 47.5 Å². The zero-order chi connectivity index (χ0) is 31.0. The molecule has 9 nitrogen and oxygen atoms in total. The molecule has 0 aliphatic carbocycles. The lowest BCUT2D eigenvalue weighted by atomic mass is 10.1. The highest BCUT2D eigenvalue weighted by atomic mass is 35.5. The van der Waals surface area contributed by atoms with Crippen molar-refractivity contribution in [2.75, 3.05) is 16.4 Å². The van der Waals surface area contributed by atoms with Gasteiger partial charge in [0.25, 0.3) is 11.8 Å². The van der Waals surface area contributed by atoms with Gasteiger partial charge in [-0.3, -0.25) is 14.4 Å². The number of hydrogen-bond acceptors (Lipinski definition) is 6. The van der Waals surface area contributed by atoms with Gasteiger partial charge in [0.15, 0.2) is 0 Å². The summed E-state index contributed by atoms with van der Waals surface area (Å²) in [5.41, 5.74) is 1.70. The van der Waals surface area contributed by atoms with Crippen molar-refractivity contribution in [2.24, 2.45) is 5.14 Å². The minimum absolute atomic E-state index is 0.0368. The minimum Gasteiger partial charge on any atom is -0.325 e. The Kier molecular flexibility index (Phi) is 10.6. The number of benzene rings is 4. The largest absolute Gasteiger partial charge is 0.325 e. The Labute approximate surface area is 262 Å². The summed E-state index contributed by atoms with van der Waals surface area (Å²) in [6.07, 6.45) is 1.46. The van der Waals surface area contributed by atoms with Gasteiger partial charge in [0.05, 0.1) is 10.6 Å². The molecule has 43 heavy (non-hydrogen) atoms. The van der Waals surface area contributed by atoms with E-state index in [1.54, 1.807) is 66.7 Å². The van der Waals surface area contributed by atoms with Crippen molar-refractivity contribution in [1.29, 1.82) is 0 Å². The highest BCUT2D eigenvalue weighted by Crippen LogP contribution is 2.24. The minimum atomic E-state index is -3.82. The second kappa shape index (κ2) is 14.4. The molecule has 0 spiro atoms. The van der Waals surface area contributed by atoms with Crippen LogP contribution in [0.15, 0.2) is 113 Å². The number of carbonyl (C=O) groups excluding carboxylic acids is 3. The van der Waals surface area contributed by atoms with Gasteiger partial charge >= 0.3 is 0 Å². The molecule has 4 aromatic rings. The van der Waals surface area contributed by atoms with E-state index in [9.17, 15) is 22.8 Å². The number of nitrogens with one attached hydrogen (secondary N) is 3. The summed E-state index contributed by atoms with van der Waals surface area (Å²) in [5, 5.41) is 13.9. The third-order valence-electron chi connectivity index (χ3n) is 5.74. The maximum atomic E-state index is 13.2. The number of carbonyl (C=O) groups is 3. The van der Waals surface area contributed by atoms with Gasteiger partial charge < -0.3 is 16.0 Å². The number of thioether (sulfide) groups is 1. The van der Waals surface area contributed by atoms with Crippen molar-refractivity contribution in [3.63, 3.8) is 0 Å². The third kappa shape index (κ3) is 9.43. The van der Waals surface area contributed by atoms with E-state index in [1.165, 1.54) is 48.2 Å². The molecule has 13 heteroatoms. The highest BCUT2D eigenvalue weighted by Gasteiger charge is 2.16. The summed E-state index contributed by atoms with van der Waals surface area (Å²) >= 11 is 13.6. The number of amides is 3. The number of primary sulfonamides is 1. The fourth-order valence-electron chi connectivity index (χ4n) is 3.62. The topological polar surface area (TPSA) is 147 Å². The maximum absolute atomic E-state index is 13.2. The van der Waals surface area contributed by atoms with Crippen molar-refractivity contribution < 1.29 is 22.8 Å². The van der Waals surface area contributed by atoms with E-state index in [-0.39, 0.29) is 22.3 Å². The maximum Gasteiger partial charge on any atom is 0.272 e.